The lowest BCUT2D eigenvalue weighted by molar-refractivity contribution is -0.384. The minimum absolute atomic E-state index is 0.107. The summed E-state index contributed by atoms with van der Waals surface area (Å²) < 4.78 is 0. The molecule has 0 unspecified atom stereocenters. The van der Waals surface area contributed by atoms with Crippen LogP contribution in [0.1, 0.15) is 36.0 Å². The van der Waals surface area contributed by atoms with Gasteiger partial charge in [0.05, 0.1) is 16.0 Å². The number of carbonyl (C=O) groups is 1. The van der Waals surface area contributed by atoms with Crippen molar-refractivity contribution in [2.75, 3.05) is 28.6 Å². The number of nitrogens with one attached hydrogen (secondary N) is 2. The summed E-state index contributed by atoms with van der Waals surface area (Å²) in [5.74, 6) is 0.547. The predicted octanol–water partition coefficient (Wildman–Crippen LogP) is 3.96. The number of hydrogen-bond acceptors (Lipinski definition) is 7. The van der Waals surface area contributed by atoms with Gasteiger partial charge in [0.25, 0.3) is 11.6 Å². The highest BCUT2D eigenvalue weighted by molar-refractivity contribution is 6.06. The van der Waals surface area contributed by atoms with E-state index in [2.05, 4.69) is 20.5 Å². The predicted molar refractivity (Wildman–Crippen MR) is 119 cm³/mol. The highest BCUT2D eigenvalue weighted by Gasteiger charge is 2.26. The summed E-state index contributed by atoms with van der Waals surface area (Å²) in [5, 5.41) is 17.5. The van der Waals surface area contributed by atoms with E-state index >= 15 is 0 Å². The van der Waals surface area contributed by atoms with Crippen molar-refractivity contribution in [2.24, 2.45) is 0 Å². The smallest absolute Gasteiger partial charge is 0.293 e. The van der Waals surface area contributed by atoms with Crippen molar-refractivity contribution in [3.05, 3.63) is 58.1 Å². The van der Waals surface area contributed by atoms with Gasteiger partial charge in [-0.25, -0.2) is 9.97 Å². The molecule has 9 nitrogen and oxygen atoms in total. The molecule has 31 heavy (non-hydrogen) atoms. The van der Waals surface area contributed by atoms with Crippen LogP contribution in [0.2, 0.25) is 0 Å². The molecule has 9 heteroatoms. The number of anilines is 3. The van der Waals surface area contributed by atoms with Gasteiger partial charge in [0.2, 0.25) is 0 Å². The van der Waals surface area contributed by atoms with Crippen LogP contribution in [-0.2, 0) is 0 Å². The lowest BCUT2D eigenvalue weighted by Crippen LogP contribution is -2.23. The minimum Gasteiger partial charge on any atom is -0.377 e. The Morgan fingerprint density at radius 1 is 1.06 bits per heavy atom. The number of nitro groups is 1. The summed E-state index contributed by atoms with van der Waals surface area (Å²) in [6.07, 6.45) is 4.12. The molecule has 1 amide bonds. The van der Waals surface area contributed by atoms with Crippen molar-refractivity contribution < 1.29 is 9.72 Å². The van der Waals surface area contributed by atoms with Crippen molar-refractivity contribution in [2.45, 2.75) is 31.7 Å². The molecule has 0 spiro atoms. The molecule has 2 heterocycles. The Kier molecular flexibility index (Phi) is 4.85. The standard InChI is InChI=1S/C22H22N6O3/c29-22(14-7-10-18(23-15-8-9-15)19(13-14)28(30)31)26-20-21(27-11-3-4-12-27)25-17-6-2-1-5-16(17)24-20/h1-2,5-7,10,13,15,23H,3-4,8-9,11-12H2,(H,24,26,29). The number of aromatic nitrogens is 2. The van der Waals surface area contributed by atoms with Crippen LogP contribution in [-0.4, -0.2) is 39.9 Å². The van der Waals surface area contributed by atoms with Crippen molar-refractivity contribution in [3.63, 3.8) is 0 Å². The molecule has 0 radical (unpaired) electrons. The van der Waals surface area contributed by atoms with E-state index in [-0.39, 0.29) is 17.3 Å². The van der Waals surface area contributed by atoms with Gasteiger partial charge in [-0.15, -0.1) is 0 Å². The fourth-order valence-electron chi connectivity index (χ4n) is 3.80. The molecule has 3 aromatic rings. The molecule has 1 aliphatic carbocycles. The normalized spacial score (nSPS) is 15.8. The quantitative estimate of drug-likeness (QED) is 0.460. The van der Waals surface area contributed by atoms with Gasteiger partial charge < -0.3 is 15.5 Å². The van der Waals surface area contributed by atoms with Crippen molar-refractivity contribution in [3.8, 4) is 0 Å². The van der Waals surface area contributed by atoms with Gasteiger partial charge >= 0.3 is 0 Å². The molecule has 2 aliphatic rings. The van der Waals surface area contributed by atoms with E-state index in [1.807, 2.05) is 24.3 Å². The molecule has 2 fully saturated rings. The number of para-hydroxylation sites is 2. The number of benzene rings is 2. The first kappa shape index (κ1) is 19.2. The zero-order chi connectivity index (χ0) is 21.4. The lowest BCUT2D eigenvalue weighted by Gasteiger charge is -2.20. The van der Waals surface area contributed by atoms with Crippen LogP contribution in [0.4, 0.5) is 23.0 Å². The number of fused-ring (bicyclic) bond motifs is 1. The summed E-state index contributed by atoms with van der Waals surface area (Å²) >= 11 is 0. The molecular weight excluding hydrogens is 396 g/mol. The van der Waals surface area contributed by atoms with Crippen LogP contribution in [0.15, 0.2) is 42.5 Å². The van der Waals surface area contributed by atoms with Crippen molar-refractivity contribution in [1.29, 1.82) is 0 Å². The maximum atomic E-state index is 13.0. The van der Waals surface area contributed by atoms with Crippen LogP contribution in [0.3, 0.4) is 0 Å². The first-order chi connectivity index (χ1) is 15.1. The minimum atomic E-state index is -0.465. The lowest BCUT2D eigenvalue weighted by atomic mass is 10.1. The Morgan fingerprint density at radius 2 is 1.77 bits per heavy atom. The maximum absolute atomic E-state index is 13.0. The maximum Gasteiger partial charge on any atom is 0.293 e. The van der Waals surface area contributed by atoms with E-state index in [0.29, 0.717) is 22.8 Å². The van der Waals surface area contributed by atoms with Gasteiger partial charge in [0.15, 0.2) is 11.6 Å². The van der Waals surface area contributed by atoms with E-state index in [1.165, 1.54) is 6.07 Å². The second kappa shape index (κ2) is 7.82. The second-order valence-electron chi connectivity index (χ2n) is 7.94. The second-order valence-corrected chi connectivity index (χ2v) is 7.94. The topological polar surface area (TPSA) is 113 Å². The number of hydrogen-bond donors (Lipinski definition) is 2. The molecular formula is C22H22N6O3. The molecule has 2 aromatic carbocycles. The molecule has 1 aliphatic heterocycles. The average molecular weight is 418 g/mol. The Hall–Kier alpha value is -3.75. The number of nitro benzene ring substituents is 1. The van der Waals surface area contributed by atoms with Crippen LogP contribution >= 0.6 is 0 Å². The van der Waals surface area contributed by atoms with Crippen molar-refractivity contribution >= 4 is 40.0 Å². The van der Waals surface area contributed by atoms with Crippen LogP contribution in [0, 0.1) is 10.1 Å². The molecule has 158 valence electrons. The molecule has 0 bridgehead atoms. The Balaban J connectivity index is 1.47. The Bertz CT molecular complexity index is 1170. The molecule has 5 rings (SSSR count). The van der Waals surface area contributed by atoms with Crippen LogP contribution in [0.5, 0.6) is 0 Å². The monoisotopic (exact) mass is 418 g/mol. The summed E-state index contributed by atoms with van der Waals surface area (Å²) in [5.41, 5.74) is 1.97. The van der Waals surface area contributed by atoms with Crippen LogP contribution < -0.4 is 15.5 Å². The number of carbonyl (C=O) groups excluding carboxylic acids is 1. The highest BCUT2D eigenvalue weighted by atomic mass is 16.6. The average Bonchev–Trinajstić information content (AvgIpc) is 3.42. The van der Waals surface area contributed by atoms with E-state index in [4.69, 9.17) is 4.98 Å². The summed E-state index contributed by atoms with van der Waals surface area (Å²) in [6.45, 7) is 1.70. The Morgan fingerprint density at radius 3 is 2.45 bits per heavy atom. The van der Waals surface area contributed by atoms with Gasteiger partial charge in [-0.05, 0) is 49.9 Å². The van der Waals surface area contributed by atoms with Gasteiger partial charge in [-0.1, -0.05) is 12.1 Å². The Labute approximate surface area is 178 Å². The molecule has 1 aromatic heterocycles. The molecule has 1 saturated carbocycles. The number of nitrogens with zero attached hydrogens (tertiary/aromatic N) is 4. The molecule has 0 atom stereocenters. The zero-order valence-electron chi connectivity index (χ0n) is 16.9. The van der Waals surface area contributed by atoms with E-state index < -0.39 is 10.8 Å². The van der Waals surface area contributed by atoms with E-state index in [0.717, 1.165) is 44.3 Å². The van der Waals surface area contributed by atoms with Gasteiger partial charge in [0, 0.05) is 30.8 Å². The third-order valence-electron chi connectivity index (χ3n) is 5.58. The zero-order valence-corrected chi connectivity index (χ0v) is 16.9. The van der Waals surface area contributed by atoms with Crippen LogP contribution in [0.25, 0.3) is 11.0 Å². The summed E-state index contributed by atoms with van der Waals surface area (Å²) in [6, 6.07) is 12.3. The third-order valence-corrected chi connectivity index (χ3v) is 5.58. The molecule has 2 N–H and O–H groups in total. The molecule has 1 saturated heterocycles. The fourth-order valence-corrected chi connectivity index (χ4v) is 3.80. The van der Waals surface area contributed by atoms with E-state index in [9.17, 15) is 14.9 Å². The first-order valence-electron chi connectivity index (χ1n) is 10.5. The van der Waals surface area contributed by atoms with Crippen molar-refractivity contribution in [1.82, 2.24) is 9.97 Å². The fraction of sp³-hybridized carbons (Fsp3) is 0.318. The highest BCUT2D eigenvalue weighted by Crippen LogP contribution is 2.32. The van der Waals surface area contributed by atoms with Gasteiger partial charge in [-0.2, -0.15) is 0 Å². The largest absolute Gasteiger partial charge is 0.377 e. The summed E-state index contributed by atoms with van der Waals surface area (Å²) in [7, 11) is 0. The first-order valence-corrected chi connectivity index (χ1v) is 10.5. The van der Waals surface area contributed by atoms with E-state index in [1.54, 1.807) is 12.1 Å². The number of amides is 1. The number of rotatable bonds is 6. The van der Waals surface area contributed by atoms with Gasteiger partial charge in [0.1, 0.15) is 5.69 Å². The van der Waals surface area contributed by atoms with Gasteiger partial charge in [-0.3, -0.25) is 14.9 Å². The summed E-state index contributed by atoms with van der Waals surface area (Å²) in [4.78, 5) is 35.5. The third kappa shape index (κ3) is 3.98. The SMILES string of the molecule is O=C(Nc1nc2ccccc2nc1N1CCCC1)c1ccc(NC2CC2)c([N+](=O)[O-])c1.